The third kappa shape index (κ3) is 3.15. The van der Waals surface area contributed by atoms with Gasteiger partial charge in [-0.25, -0.2) is 14.6 Å². The Morgan fingerprint density at radius 2 is 1.67 bits per heavy atom. The standard InChI is InChI=1S/C21H31N5O4/c1-4-12-25-15-14(16(27)26(13-5-2)19(25)29)22-17(23-15)20-6-9-21(10-7-20,11-8-20)24-18(28)30-3/h4-13H2,1-3H3,(H,22,23)(H,24,28). The number of aryl methyl sites for hydroxylation is 1. The number of nitrogens with zero attached hydrogens (tertiary/aromatic N) is 3. The predicted octanol–water partition coefficient (Wildman–Crippen LogP) is 2.41. The Morgan fingerprint density at radius 1 is 1.07 bits per heavy atom. The van der Waals surface area contributed by atoms with Crippen LogP contribution in [0.4, 0.5) is 4.79 Å². The number of aromatic nitrogens is 4. The van der Waals surface area contributed by atoms with E-state index in [2.05, 4.69) is 10.3 Å². The molecule has 0 saturated heterocycles. The molecule has 3 saturated carbocycles. The van der Waals surface area contributed by atoms with Crippen molar-refractivity contribution in [3.63, 3.8) is 0 Å². The number of fused-ring (bicyclic) bond motifs is 4. The quantitative estimate of drug-likeness (QED) is 0.750. The summed E-state index contributed by atoms with van der Waals surface area (Å²) in [4.78, 5) is 45.8. The number of rotatable bonds is 6. The van der Waals surface area contributed by atoms with Crippen molar-refractivity contribution in [1.29, 1.82) is 0 Å². The molecule has 0 unspecified atom stereocenters. The number of ether oxygens (including phenoxy) is 1. The van der Waals surface area contributed by atoms with Gasteiger partial charge in [0.05, 0.1) is 7.11 Å². The molecule has 9 heteroatoms. The van der Waals surface area contributed by atoms with Crippen LogP contribution in [0.3, 0.4) is 0 Å². The summed E-state index contributed by atoms with van der Waals surface area (Å²) in [6, 6.07) is 0. The van der Waals surface area contributed by atoms with Gasteiger partial charge in [-0.1, -0.05) is 13.8 Å². The maximum absolute atomic E-state index is 13.0. The summed E-state index contributed by atoms with van der Waals surface area (Å²) in [5.74, 6) is 0.805. The molecule has 1 amide bonds. The zero-order chi connectivity index (χ0) is 21.5. The molecule has 5 rings (SSSR count). The molecule has 2 N–H and O–H groups in total. The van der Waals surface area contributed by atoms with Gasteiger partial charge in [0.15, 0.2) is 5.65 Å². The predicted molar refractivity (Wildman–Crippen MR) is 113 cm³/mol. The average Bonchev–Trinajstić information content (AvgIpc) is 3.21. The number of H-pyrrole nitrogens is 1. The van der Waals surface area contributed by atoms with Crippen molar-refractivity contribution in [3.8, 4) is 0 Å². The first-order valence-corrected chi connectivity index (χ1v) is 11.0. The third-order valence-electron chi connectivity index (χ3n) is 7.06. The molecule has 0 aliphatic heterocycles. The second-order valence-electron chi connectivity index (χ2n) is 8.85. The first-order valence-electron chi connectivity index (χ1n) is 11.0. The summed E-state index contributed by atoms with van der Waals surface area (Å²) < 4.78 is 7.76. The molecule has 30 heavy (non-hydrogen) atoms. The number of alkyl carbamates (subject to hydrolysis) is 1. The van der Waals surface area contributed by atoms with Crippen LogP contribution in [0.5, 0.6) is 0 Å². The van der Waals surface area contributed by atoms with E-state index in [0.29, 0.717) is 30.7 Å². The van der Waals surface area contributed by atoms with Gasteiger partial charge in [-0.2, -0.15) is 0 Å². The molecular weight excluding hydrogens is 386 g/mol. The van der Waals surface area contributed by atoms with E-state index in [4.69, 9.17) is 9.72 Å². The monoisotopic (exact) mass is 417 g/mol. The number of imidazole rings is 1. The Bertz CT molecular complexity index is 1050. The van der Waals surface area contributed by atoms with E-state index in [1.807, 2.05) is 13.8 Å². The maximum atomic E-state index is 13.0. The minimum Gasteiger partial charge on any atom is -0.453 e. The van der Waals surface area contributed by atoms with E-state index in [1.54, 1.807) is 4.57 Å². The zero-order valence-corrected chi connectivity index (χ0v) is 18.0. The van der Waals surface area contributed by atoms with Crippen LogP contribution in [0, 0.1) is 0 Å². The summed E-state index contributed by atoms with van der Waals surface area (Å²) in [5, 5.41) is 3.04. The third-order valence-corrected chi connectivity index (χ3v) is 7.06. The Morgan fingerprint density at radius 3 is 2.23 bits per heavy atom. The van der Waals surface area contributed by atoms with Crippen molar-refractivity contribution >= 4 is 17.3 Å². The van der Waals surface area contributed by atoms with Gasteiger partial charge in [-0.05, 0) is 51.4 Å². The molecule has 3 aliphatic rings. The Labute approximate surface area is 174 Å². The molecule has 0 atom stereocenters. The lowest BCUT2D eigenvalue weighted by atomic mass is 9.57. The van der Waals surface area contributed by atoms with E-state index < -0.39 is 0 Å². The molecule has 9 nitrogen and oxygen atoms in total. The Hall–Kier alpha value is -2.58. The minimum absolute atomic E-state index is 0.145. The first-order chi connectivity index (χ1) is 14.4. The Balaban J connectivity index is 1.74. The summed E-state index contributed by atoms with van der Waals surface area (Å²) in [7, 11) is 1.39. The average molecular weight is 418 g/mol. The largest absolute Gasteiger partial charge is 0.453 e. The van der Waals surface area contributed by atoms with Gasteiger partial charge < -0.3 is 15.0 Å². The van der Waals surface area contributed by atoms with Crippen molar-refractivity contribution in [2.24, 2.45) is 0 Å². The smallest absolute Gasteiger partial charge is 0.407 e. The Kier molecular flexibility index (Phi) is 5.23. The molecule has 2 aromatic rings. The van der Waals surface area contributed by atoms with E-state index in [-0.39, 0.29) is 28.3 Å². The van der Waals surface area contributed by atoms with Crippen LogP contribution < -0.4 is 16.6 Å². The van der Waals surface area contributed by atoms with Gasteiger partial charge in [0.25, 0.3) is 5.56 Å². The van der Waals surface area contributed by atoms with Crippen molar-refractivity contribution < 1.29 is 9.53 Å². The van der Waals surface area contributed by atoms with Crippen LogP contribution in [-0.4, -0.2) is 37.8 Å². The van der Waals surface area contributed by atoms with Crippen molar-refractivity contribution in [3.05, 3.63) is 26.7 Å². The molecule has 3 fully saturated rings. The van der Waals surface area contributed by atoms with E-state index in [9.17, 15) is 14.4 Å². The van der Waals surface area contributed by atoms with E-state index in [1.165, 1.54) is 11.7 Å². The zero-order valence-electron chi connectivity index (χ0n) is 18.0. The lowest BCUT2D eigenvalue weighted by Crippen LogP contribution is -2.58. The van der Waals surface area contributed by atoms with Crippen LogP contribution in [0.2, 0.25) is 0 Å². The molecule has 0 aromatic carbocycles. The lowest BCUT2D eigenvalue weighted by molar-refractivity contribution is 0.0667. The highest BCUT2D eigenvalue weighted by Gasteiger charge is 2.51. The van der Waals surface area contributed by atoms with Gasteiger partial charge in [0, 0.05) is 24.0 Å². The fourth-order valence-corrected chi connectivity index (χ4v) is 5.26. The van der Waals surface area contributed by atoms with Crippen molar-refractivity contribution in [2.45, 2.75) is 89.3 Å². The molecule has 164 valence electrons. The maximum Gasteiger partial charge on any atom is 0.407 e. The highest BCUT2D eigenvalue weighted by atomic mass is 16.5. The fourth-order valence-electron chi connectivity index (χ4n) is 5.26. The molecular formula is C21H31N5O4. The summed E-state index contributed by atoms with van der Waals surface area (Å²) in [6.45, 7) is 4.90. The second-order valence-corrected chi connectivity index (χ2v) is 8.85. The number of methoxy groups -OCH3 is 1. The number of hydrogen-bond donors (Lipinski definition) is 2. The van der Waals surface area contributed by atoms with Gasteiger partial charge in [-0.15, -0.1) is 0 Å². The number of nitrogens with one attached hydrogen (secondary N) is 2. The van der Waals surface area contributed by atoms with Crippen LogP contribution in [0.25, 0.3) is 11.2 Å². The van der Waals surface area contributed by atoms with Gasteiger partial charge in [0.2, 0.25) is 0 Å². The molecule has 2 heterocycles. The summed E-state index contributed by atoms with van der Waals surface area (Å²) in [6.07, 6.45) is 6.28. The van der Waals surface area contributed by atoms with Gasteiger partial charge in [-0.3, -0.25) is 13.9 Å². The van der Waals surface area contributed by atoms with Crippen LogP contribution in [0.15, 0.2) is 9.59 Å². The molecule has 2 bridgehead atoms. The molecule has 2 aromatic heterocycles. The van der Waals surface area contributed by atoms with Crippen LogP contribution in [-0.2, 0) is 23.2 Å². The number of aromatic amines is 1. The number of hydrogen-bond acceptors (Lipinski definition) is 5. The summed E-state index contributed by atoms with van der Waals surface area (Å²) in [5.41, 5.74) is -0.0187. The minimum atomic E-state index is -0.381. The summed E-state index contributed by atoms with van der Waals surface area (Å²) >= 11 is 0. The highest BCUT2D eigenvalue weighted by Crippen LogP contribution is 2.53. The number of amides is 1. The van der Waals surface area contributed by atoms with Gasteiger partial charge >= 0.3 is 11.8 Å². The molecule has 0 spiro atoms. The highest BCUT2D eigenvalue weighted by molar-refractivity contribution is 5.70. The first kappa shape index (κ1) is 20.7. The second kappa shape index (κ2) is 7.59. The molecule has 3 aliphatic carbocycles. The fraction of sp³-hybridized carbons (Fsp3) is 0.714. The number of carbonyl (C=O) groups excluding carboxylic acids is 1. The van der Waals surface area contributed by atoms with Crippen molar-refractivity contribution in [2.75, 3.05) is 7.11 Å². The normalized spacial score (nSPS) is 25.6. The van der Waals surface area contributed by atoms with Crippen LogP contribution in [0.1, 0.15) is 71.0 Å². The van der Waals surface area contributed by atoms with E-state index >= 15 is 0 Å². The number of carbonyl (C=O) groups is 1. The van der Waals surface area contributed by atoms with Gasteiger partial charge in [0.1, 0.15) is 11.3 Å². The SMILES string of the molecule is CCCn1c(=O)c2[nH]c(C34CCC(NC(=O)OC)(CC3)CC4)nc2n(CCC)c1=O. The topological polar surface area (TPSA) is 111 Å². The van der Waals surface area contributed by atoms with Crippen molar-refractivity contribution in [1.82, 2.24) is 24.4 Å². The lowest BCUT2D eigenvalue weighted by Gasteiger charge is -2.52. The molecule has 0 radical (unpaired) electrons. The van der Waals surface area contributed by atoms with E-state index in [0.717, 1.165) is 50.8 Å². The van der Waals surface area contributed by atoms with Crippen LogP contribution >= 0.6 is 0 Å².